The number of benzene rings is 11. The predicted octanol–water partition coefficient (Wildman–Crippen LogP) is 19.2. The molecule has 8 aromatic heterocycles. The number of nitrogens with zero attached hydrogens (tertiary/aromatic N) is 8. The van der Waals surface area contributed by atoms with E-state index in [4.69, 9.17) is 71.8 Å². The van der Waals surface area contributed by atoms with E-state index in [1.54, 1.807) is 12.4 Å². The normalized spacial score (nSPS) is 8.86. The summed E-state index contributed by atoms with van der Waals surface area (Å²) in [7, 11) is 9.39. The van der Waals surface area contributed by atoms with Crippen molar-refractivity contribution in [2.24, 2.45) is 0 Å². The first kappa shape index (κ1) is 115. The molecule has 0 amide bonds. The molecule has 8 heterocycles. The van der Waals surface area contributed by atoms with Crippen LogP contribution in [0.4, 0.5) is 0 Å². The minimum Gasteiger partial charge on any atom is -0.264 e. The first-order valence-corrected chi connectivity index (χ1v) is 43.5. The van der Waals surface area contributed by atoms with Crippen LogP contribution in [0.3, 0.4) is 0 Å². The van der Waals surface area contributed by atoms with Crippen molar-refractivity contribution in [3.63, 3.8) is 0 Å². The molecule has 0 bridgehead atoms. The van der Waals surface area contributed by atoms with Gasteiger partial charge in [-0.05, 0) is 138 Å². The molecule has 0 unspecified atom stereocenters. The average Bonchev–Trinajstić information content (AvgIpc) is 0.768. The molecule has 0 fully saturated rings. The monoisotopic (exact) mass is 2290 g/mol. The number of fused-ring (bicyclic) bond motifs is 9. The Morgan fingerprint density at radius 3 is 0.423 bits per heavy atom. The first-order chi connectivity index (χ1) is 63.7. The topological polar surface area (TPSA) is 291 Å². The van der Waals surface area contributed by atoms with Crippen LogP contribution in [0.2, 0.25) is 0 Å². The zero-order valence-electron chi connectivity index (χ0n) is 68.8. The van der Waals surface area contributed by atoms with Crippen molar-refractivity contribution in [1.82, 2.24) is 39.9 Å². The van der Waals surface area contributed by atoms with Gasteiger partial charge in [-0.2, -0.15) is 0 Å². The summed E-state index contributed by atoms with van der Waals surface area (Å²) in [5, 5.41) is 6.77. The van der Waals surface area contributed by atoms with Crippen molar-refractivity contribution >= 4 is 159 Å². The summed E-state index contributed by atoms with van der Waals surface area (Å²) in [5.74, 6) is 0. The molecule has 0 saturated heterocycles. The molecule has 0 spiro atoms. The molecule has 0 aliphatic rings. The van der Waals surface area contributed by atoms with E-state index in [1.807, 2.05) is 135 Å². The quantitative estimate of drug-likeness (QED) is 0.0775. The third kappa shape index (κ3) is 33.0. The van der Waals surface area contributed by atoms with E-state index in [-0.39, 0.29) is 32.8 Å². The zero-order chi connectivity index (χ0) is 94.5. The van der Waals surface area contributed by atoms with Crippen LogP contribution in [0, 0.1) is 0 Å². The zero-order valence-corrected chi connectivity index (χ0v) is 79.2. The van der Waals surface area contributed by atoms with Crippen LogP contribution in [-0.4, -0.2) is 115 Å². The van der Waals surface area contributed by atoms with Gasteiger partial charge < -0.3 is 65.1 Å². The Bertz CT molecular complexity index is 5310. The van der Waals surface area contributed by atoms with Gasteiger partial charge in [-0.3, -0.25) is 115 Å². The van der Waals surface area contributed by atoms with Crippen LogP contribution in [0.1, 0.15) is 0 Å². The SMILES string of the molecule is [CH-]=O.[CH-]=O.[CH-]=O.[CH-]=O.[CH-]=O.[CH-]=O.[CH-]=O.[CH-]=O.[CH-]=O.[CH-]=O.[CH-]=O.[Cl-].[Cl][Re].[Cl][Re].[Re].c1ccc(-c2cccnc2)cc1.c1ccc(-c2cccnc2)cc1.c1ccc(-c2ccnc3c2ccc2c(-c4ccccc4)ccnc23)cc1.c1ccc(-c2ccnc3c2ccc2c(-c4ccccc4)ccnc23)cc1.c1ccc(-c2ccnc3c2ccc2c(-c4ccccc4)ccnc23)cc1. The fraction of sp³-hybridized carbons (Fsp3) is 0. The van der Waals surface area contributed by atoms with E-state index in [9.17, 15) is 0 Å². The number of rotatable bonds is 8. The second-order valence-corrected chi connectivity index (χ2v) is 24.1. The molecule has 19 aromatic rings. The summed E-state index contributed by atoms with van der Waals surface area (Å²) < 4.78 is 0. The maximum Gasteiger partial charge on any atom is 0.0970 e. The number of carbonyl (C=O) groups excluding carboxylic acids is 11. The van der Waals surface area contributed by atoms with Gasteiger partial charge in [0, 0.05) is 115 Å². The van der Waals surface area contributed by atoms with Gasteiger partial charge in [0.25, 0.3) is 0 Å². The number of hydrogen-bond acceptors (Lipinski definition) is 19. The molecule has 0 aliphatic carbocycles. The molecule has 0 aliphatic heterocycles. The summed E-state index contributed by atoms with van der Waals surface area (Å²) in [6.07, 6.45) is 18.6. The van der Waals surface area contributed by atoms with Crippen molar-refractivity contribution < 1.29 is 122 Å². The summed E-state index contributed by atoms with van der Waals surface area (Å²) in [6.45, 7) is 35.8. The minimum atomic E-state index is 0. The Hall–Kier alpha value is -14.6. The number of aromatic nitrogens is 8. The van der Waals surface area contributed by atoms with E-state index in [1.165, 1.54) is 114 Å². The molecule has 0 atom stereocenters. The molecule has 19 nitrogen and oxygen atoms in total. The van der Waals surface area contributed by atoms with Crippen molar-refractivity contribution in [2.75, 3.05) is 0 Å². The van der Waals surface area contributed by atoms with E-state index in [0.717, 1.165) is 76.5 Å². The van der Waals surface area contributed by atoms with Crippen molar-refractivity contribution in [3.05, 3.63) is 402 Å². The summed E-state index contributed by atoms with van der Waals surface area (Å²) in [5.41, 5.74) is 24.7. The largest absolute Gasteiger partial charge is 0.264 e. The first-order valence-electron chi connectivity index (χ1n) is 36.8. The van der Waals surface area contributed by atoms with Crippen LogP contribution in [-0.2, 0) is 110 Å². The fourth-order valence-corrected chi connectivity index (χ4v) is 13.0. The fourth-order valence-electron chi connectivity index (χ4n) is 13.0. The predicted molar refractivity (Wildman–Crippen MR) is 509 cm³/mol. The minimum absolute atomic E-state index is 0. The number of halogens is 3. The van der Waals surface area contributed by atoms with Gasteiger partial charge in [0.2, 0.25) is 0 Å². The van der Waals surface area contributed by atoms with Crippen molar-refractivity contribution in [1.29, 1.82) is 0 Å². The molecular weight excluding hydrogens is 2210 g/mol. The Balaban J connectivity index is 0.00000153. The molecule has 11 aromatic carbocycles. The Kier molecular flexibility index (Phi) is 63.5. The van der Waals surface area contributed by atoms with Gasteiger partial charge in [-0.25, -0.2) is 0 Å². The summed E-state index contributed by atoms with van der Waals surface area (Å²) in [6, 6.07) is 117. The second-order valence-electron chi connectivity index (χ2n) is 24.1. The van der Waals surface area contributed by atoms with Crippen LogP contribution >= 0.6 is 19.1 Å². The van der Waals surface area contributed by atoms with Crippen molar-refractivity contribution in [2.45, 2.75) is 0 Å². The Morgan fingerprint density at radius 2 is 0.292 bits per heavy atom. The number of hydrogen-bond donors (Lipinski definition) is 0. The van der Waals surface area contributed by atoms with Gasteiger partial charge in [0.05, 0.1) is 33.1 Å². The van der Waals surface area contributed by atoms with Crippen LogP contribution in [0.25, 0.3) is 154 Å². The van der Waals surface area contributed by atoms with E-state index >= 15 is 0 Å². The van der Waals surface area contributed by atoms with E-state index in [0.29, 0.717) is 0 Å². The summed E-state index contributed by atoms with van der Waals surface area (Å²) in [4.78, 5) is 121. The van der Waals surface area contributed by atoms with Gasteiger partial charge in [-0.15, -0.1) is 0 Å². The molecule has 657 valence electrons. The maximum atomic E-state index is 7.75. The molecule has 130 heavy (non-hydrogen) atoms. The van der Waals surface area contributed by atoms with Gasteiger partial charge >= 0.3 is 55.4 Å². The molecule has 25 heteroatoms. The Morgan fingerprint density at radius 1 is 0.162 bits per heavy atom. The molecule has 0 N–H and O–H groups in total. The third-order valence-corrected chi connectivity index (χ3v) is 17.9. The van der Waals surface area contributed by atoms with Gasteiger partial charge in [-0.1, -0.05) is 291 Å². The van der Waals surface area contributed by atoms with Crippen LogP contribution < -0.4 is 12.4 Å². The molecule has 1 radical (unpaired) electrons. The van der Waals surface area contributed by atoms with Crippen LogP contribution in [0.15, 0.2) is 402 Å². The summed E-state index contributed by atoms with van der Waals surface area (Å²) >= 11 is 2.39. The average molecular weight is 2290 g/mol. The molecule has 0 saturated carbocycles. The smallest absolute Gasteiger partial charge is 0.0970 e. The van der Waals surface area contributed by atoms with Crippen LogP contribution in [0.5, 0.6) is 0 Å². The van der Waals surface area contributed by atoms with E-state index < -0.39 is 0 Å². The molecule has 19 rings (SSSR count). The van der Waals surface area contributed by atoms with Gasteiger partial charge in [0.15, 0.2) is 0 Å². The van der Waals surface area contributed by atoms with Gasteiger partial charge in [0.1, 0.15) is 0 Å². The standard InChI is InChI=1S/3C24H16N2.2C11H9N.11CHO.3ClH.3Re/c3*1-3-7-17(8-4-1)19-13-15-25-23-21(19)11-12-22-20(14-16-26-24(22)23)18-9-5-2-6-10-18;2*1-2-5-10(6-3-1)11-7-4-8-12-9-11;11*1-2;;;;;;/h3*1-16H;2*1-9H;11*1H;3*1H;;;/q;;;;;11*-1;;;;;2*+1/p-3. The Labute approximate surface area is 804 Å². The van der Waals surface area contributed by atoms with E-state index in [2.05, 4.69) is 369 Å². The number of pyridine rings is 8. The molecular formula is C105H77Cl3N8O11Re3-12. The maximum absolute atomic E-state index is 7.75. The third-order valence-electron chi connectivity index (χ3n) is 17.9. The van der Waals surface area contributed by atoms with Crippen molar-refractivity contribution in [3.8, 4) is 89.0 Å². The second kappa shape index (κ2) is 71.5.